The molecular formula is C13H18O2. The Morgan fingerprint density at radius 3 is 2.47 bits per heavy atom. The van der Waals surface area contributed by atoms with Gasteiger partial charge in [-0.3, -0.25) is 0 Å². The molecule has 1 atom stereocenters. The van der Waals surface area contributed by atoms with Gasteiger partial charge in [0.25, 0.3) is 0 Å². The smallest absolute Gasteiger partial charge is 0.0817 e. The van der Waals surface area contributed by atoms with Crippen LogP contribution in [-0.4, -0.2) is 17.8 Å². The second-order valence-corrected chi connectivity index (χ2v) is 4.37. The van der Waals surface area contributed by atoms with Gasteiger partial charge in [0.15, 0.2) is 0 Å². The normalized spacial score (nSPS) is 20.7. The van der Waals surface area contributed by atoms with Gasteiger partial charge >= 0.3 is 0 Å². The molecule has 1 N–H and O–H groups in total. The quantitative estimate of drug-likeness (QED) is 0.820. The first-order valence-electron chi connectivity index (χ1n) is 5.54. The number of benzene rings is 1. The molecule has 2 rings (SSSR count). The van der Waals surface area contributed by atoms with Crippen molar-refractivity contribution in [1.82, 2.24) is 0 Å². The van der Waals surface area contributed by atoms with E-state index in [0.717, 1.165) is 18.4 Å². The molecule has 1 fully saturated rings. The highest BCUT2D eigenvalue weighted by Crippen LogP contribution is 2.41. The minimum absolute atomic E-state index is 0.0603. The molecular weight excluding hydrogens is 188 g/mol. The molecule has 0 radical (unpaired) electrons. The number of hydrogen-bond acceptors (Lipinski definition) is 2. The molecule has 1 unspecified atom stereocenters. The molecule has 1 aliphatic rings. The summed E-state index contributed by atoms with van der Waals surface area (Å²) in [5.41, 5.74) is 0.927. The van der Waals surface area contributed by atoms with Crippen LogP contribution in [0.25, 0.3) is 0 Å². The molecule has 1 aliphatic carbocycles. The predicted molar refractivity (Wildman–Crippen MR) is 59.6 cm³/mol. The molecule has 0 bridgehead atoms. The molecule has 0 amide bonds. The number of methoxy groups -OCH3 is 1. The monoisotopic (exact) mass is 206 g/mol. The minimum atomic E-state index is -0.397. The maximum Gasteiger partial charge on any atom is 0.0817 e. The van der Waals surface area contributed by atoms with E-state index < -0.39 is 6.10 Å². The second kappa shape index (κ2) is 4.33. The summed E-state index contributed by atoms with van der Waals surface area (Å²) in [6, 6.07) is 9.81. The average molecular weight is 206 g/mol. The Balaban J connectivity index is 2.00. The Bertz CT molecular complexity index is 298. The third kappa shape index (κ3) is 2.21. The fourth-order valence-electron chi connectivity index (χ4n) is 2.21. The first kappa shape index (κ1) is 10.7. The molecule has 15 heavy (non-hydrogen) atoms. The molecule has 0 aliphatic heterocycles. The van der Waals surface area contributed by atoms with Gasteiger partial charge in [0.05, 0.1) is 11.7 Å². The van der Waals surface area contributed by atoms with E-state index in [-0.39, 0.29) is 5.60 Å². The van der Waals surface area contributed by atoms with Gasteiger partial charge in [-0.25, -0.2) is 0 Å². The van der Waals surface area contributed by atoms with Crippen LogP contribution < -0.4 is 0 Å². The fourth-order valence-corrected chi connectivity index (χ4v) is 2.21. The van der Waals surface area contributed by atoms with E-state index in [9.17, 15) is 5.11 Å². The van der Waals surface area contributed by atoms with Crippen LogP contribution >= 0.6 is 0 Å². The van der Waals surface area contributed by atoms with Crippen LogP contribution in [0.2, 0.25) is 0 Å². The van der Waals surface area contributed by atoms with E-state index in [1.165, 1.54) is 6.42 Å². The zero-order valence-electron chi connectivity index (χ0n) is 9.15. The zero-order valence-corrected chi connectivity index (χ0v) is 9.15. The average Bonchev–Trinajstić information content (AvgIpc) is 2.24. The van der Waals surface area contributed by atoms with Crippen LogP contribution in [0.3, 0.4) is 0 Å². The van der Waals surface area contributed by atoms with Gasteiger partial charge in [-0.05, 0) is 24.8 Å². The standard InChI is InChI=1S/C13H18O2/c1-15-13(8-5-9-13)10-12(14)11-6-3-2-4-7-11/h2-4,6-7,12,14H,5,8-10H2,1H3. The summed E-state index contributed by atoms with van der Waals surface area (Å²) in [6.07, 6.45) is 3.69. The summed E-state index contributed by atoms with van der Waals surface area (Å²) in [6.45, 7) is 0. The lowest BCUT2D eigenvalue weighted by atomic mass is 9.75. The van der Waals surface area contributed by atoms with E-state index in [2.05, 4.69) is 0 Å². The molecule has 1 aromatic carbocycles. The maximum atomic E-state index is 10.1. The lowest BCUT2D eigenvalue weighted by molar-refractivity contribution is -0.0999. The Labute approximate surface area is 90.9 Å². The highest BCUT2D eigenvalue weighted by atomic mass is 16.5. The van der Waals surface area contributed by atoms with Crippen molar-refractivity contribution < 1.29 is 9.84 Å². The van der Waals surface area contributed by atoms with Gasteiger partial charge in [0.1, 0.15) is 0 Å². The third-order valence-electron chi connectivity index (χ3n) is 3.45. The van der Waals surface area contributed by atoms with E-state index in [1.807, 2.05) is 30.3 Å². The Hall–Kier alpha value is -0.860. The number of aliphatic hydroxyl groups excluding tert-OH is 1. The SMILES string of the molecule is COC1(CC(O)c2ccccc2)CCC1. The first-order chi connectivity index (χ1) is 7.26. The van der Waals surface area contributed by atoms with E-state index in [1.54, 1.807) is 7.11 Å². The highest BCUT2D eigenvalue weighted by Gasteiger charge is 2.38. The van der Waals surface area contributed by atoms with Crippen molar-refractivity contribution in [3.8, 4) is 0 Å². The zero-order chi connectivity index (χ0) is 10.7. The van der Waals surface area contributed by atoms with Gasteiger partial charge in [0.2, 0.25) is 0 Å². The van der Waals surface area contributed by atoms with Crippen molar-refractivity contribution in [3.63, 3.8) is 0 Å². The molecule has 2 nitrogen and oxygen atoms in total. The van der Waals surface area contributed by atoms with Crippen molar-refractivity contribution in [3.05, 3.63) is 35.9 Å². The molecule has 82 valence electrons. The van der Waals surface area contributed by atoms with Crippen molar-refractivity contribution >= 4 is 0 Å². The number of rotatable bonds is 4. The minimum Gasteiger partial charge on any atom is -0.388 e. The fraction of sp³-hybridized carbons (Fsp3) is 0.538. The number of hydrogen-bond donors (Lipinski definition) is 1. The van der Waals surface area contributed by atoms with Crippen molar-refractivity contribution in [2.24, 2.45) is 0 Å². The lowest BCUT2D eigenvalue weighted by Crippen LogP contribution is -2.40. The molecule has 2 heteroatoms. The highest BCUT2D eigenvalue weighted by molar-refractivity contribution is 5.18. The third-order valence-corrected chi connectivity index (χ3v) is 3.45. The maximum absolute atomic E-state index is 10.1. The van der Waals surface area contributed by atoms with Crippen LogP contribution in [0, 0.1) is 0 Å². The first-order valence-corrected chi connectivity index (χ1v) is 5.54. The van der Waals surface area contributed by atoms with Crippen LogP contribution in [0.4, 0.5) is 0 Å². The van der Waals surface area contributed by atoms with Crippen LogP contribution in [0.5, 0.6) is 0 Å². The summed E-state index contributed by atoms with van der Waals surface area (Å²) in [7, 11) is 1.75. The van der Waals surface area contributed by atoms with Gasteiger partial charge in [-0.2, -0.15) is 0 Å². The van der Waals surface area contributed by atoms with E-state index in [0.29, 0.717) is 6.42 Å². The van der Waals surface area contributed by atoms with E-state index in [4.69, 9.17) is 4.74 Å². The Morgan fingerprint density at radius 1 is 1.33 bits per heavy atom. The summed E-state index contributed by atoms with van der Waals surface area (Å²) >= 11 is 0. The predicted octanol–water partition coefficient (Wildman–Crippen LogP) is 2.68. The second-order valence-electron chi connectivity index (χ2n) is 4.37. The number of aliphatic hydroxyl groups is 1. The van der Waals surface area contributed by atoms with Crippen LogP contribution in [0.1, 0.15) is 37.4 Å². The summed E-state index contributed by atoms with van der Waals surface area (Å²) in [4.78, 5) is 0. The molecule has 0 spiro atoms. The molecule has 0 heterocycles. The van der Waals surface area contributed by atoms with Gasteiger partial charge < -0.3 is 9.84 Å². The molecule has 1 aromatic rings. The van der Waals surface area contributed by atoms with Crippen LogP contribution in [0.15, 0.2) is 30.3 Å². The molecule has 1 saturated carbocycles. The number of ether oxygens (including phenoxy) is 1. The summed E-state index contributed by atoms with van der Waals surface area (Å²) in [5, 5.41) is 10.1. The topological polar surface area (TPSA) is 29.5 Å². The van der Waals surface area contributed by atoms with Crippen molar-refractivity contribution in [2.45, 2.75) is 37.4 Å². The summed E-state index contributed by atoms with van der Waals surface area (Å²) in [5.74, 6) is 0. The largest absolute Gasteiger partial charge is 0.388 e. The van der Waals surface area contributed by atoms with Crippen molar-refractivity contribution in [2.75, 3.05) is 7.11 Å². The summed E-state index contributed by atoms with van der Waals surface area (Å²) < 4.78 is 5.51. The lowest BCUT2D eigenvalue weighted by Gasteiger charge is -2.41. The van der Waals surface area contributed by atoms with Gasteiger partial charge in [-0.15, -0.1) is 0 Å². The van der Waals surface area contributed by atoms with Gasteiger partial charge in [0, 0.05) is 13.5 Å². The van der Waals surface area contributed by atoms with Gasteiger partial charge in [-0.1, -0.05) is 30.3 Å². The van der Waals surface area contributed by atoms with E-state index >= 15 is 0 Å². The molecule has 0 aromatic heterocycles. The van der Waals surface area contributed by atoms with Crippen LogP contribution in [-0.2, 0) is 4.74 Å². The van der Waals surface area contributed by atoms with Crippen molar-refractivity contribution in [1.29, 1.82) is 0 Å². The molecule has 0 saturated heterocycles. The Kier molecular flexibility index (Phi) is 3.08. The Morgan fingerprint density at radius 2 is 2.00 bits per heavy atom.